The molecule has 4 heterocycles. The van der Waals surface area contributed by atoms with Crippen LogP contribution in [0.25, 0.3) is 10.1 Å². The highest BCUT2D eigenvalue weighted by Gasteiger charge is 2.32. The number of benzene rings is 2. The Bertz CT molecular complexity index is 1230. The van der Waals surface area contributed by atoms with Crippen LogP contribution >= 0.6 is 11.5 Å². The van der Waals surface area contributed by atoms with E-state index in [1.807, 2.05) is 17.0 Å². The quantitative estimate of drug-likeness (QED) is 0.522. The van der Waals surface area contributed by atoms with Crippen molar-refractivity contribution in [2.24, 2.45) is 0 Å². The first-order valence-corrected chi connectivity index (χ1v) is 12.8. The molecule has 0 N–H and O–H groups in total. The Morgan fingerprint density at radius 1 is 0.970 bits per heavy atom. The lowest BCUT2D eigenvalue weighted by molar-refractivity contribution is -0.118. The number of amides is 1. The highest BCUT2D eigenvalue weighted by Crippen LogP contribution is 2.37. The number of carbonyl (C=O) groups excluding carboxylic acids is 2. The van der Waals surface area contributed by atoms with E-state index in [2.05, 4.69) is 34.1 Å². The average Bonchev–Trinajstić information content (AvgIpc) is 3.47. The predicted octanol–water partition coefficient (Wildman–Crippen LogP) is 3.92. The van der Waals surface area contributed by atoms with Crippen molar-refractivity contribution in [3.05, 3.63) is 53.1 Å². The van der Waals surface area contributed by atoms with Gasteiger partial charge in [0, 0.05) is 56.5 Å². The van der Waals surface area contributed by atoms with Crippen LogP contribution in [0.5, 0.6) is 0 Å². The van der Waals surface area contributed by atoms with Crippen molar-refractivity contribution in [1.82, 2.24) is 9.27 Å². The minimum absolute atomic E-state index is 0.225. The van der Waals surface area contributed by atoms with Gasteiger partial charge in [-0.05, 0) is 72.7 Å². The number of anilines is 2. The largest absolute Gasteiger partial charge is 0.353 e. The fourth-order valence-corrected chi connectivity index (χ4v) is 6.31. The van der Waals surface area contributed by atoms with Crippen molar-refractivity contribution < 1.29 is 9.59 Å². The molecule has 0 aliphatic carbocycles. The standard InChI is InChI=1S/C26H28N4O2S/c31-22(20-16-18-7-8-24(32)30-11-9-19(17-20)25(18)30)5-3-10-28-12-14-29(15-13-28)26-21-4-1-2-6-23(21)33-27-26/h1-2,4,6,16-17H,3,5,7-15H2. The van der Waals surface area contributed by atoms with Crippen molar-refractivity contribution in [3.8, 4) is 0 Å². The zero-order valence-corrected chi connectivity index (χ0v) is 19.6. The van der Waals surface area contributed by atoms with Gasteiger partial charge < -0.3 is 9.80 Å². The molecule has 33 heavy (non-hydrogen) atoms. The highest BCUT2D eigenvalue weighted by atomic mass is 32.1. The summed E-state index contributed by atoms with van der Waals surface area (Å²) in [5.74, 6) is 1.58. The fourth-order valence-electron chi connectivity index (χ4n) is 5.51. The third-order valence-electron chi connectivity index (χ3n) is 7.28. The Hall–Kier alpha value is -2.77. The highest BCUT2D eigenvalue weighted by molar-refractivity contribution is 7.13. The lowest BCUT2D eigenvalue weighted by Gasteiger charge is -2.35. The summed E-state index contributed by atoms with van der Waals surface area (Å²) in [5, 5.41) is 1.25. The molecular formula is C26H28N4O2S. The number of hydrogen-bond donors (Lipinski definition) is 0. The second kappa shape index (κ2) is 8.54. The molecule has 6 nitrogen and oxygen atoms in total. The van der Waals surface area contributed by atoms with Crippen molar-refractivity contribution in [2.45, 2.75) is 32.1 Å². The van der Waals surface area contributed by atoms with Crippen LogP contribution in [0.1, 0.15) is 40.7 Å². The minimum Gasteiger partial charge on any atom is -0.353 e. The minimum atomic E-state index is 0.225. The Balaban J connectivity index is 1.02. The van der Waals surface area contributed by atoms with E-state index in [9.17, 15) is 9.59 Å². The monoisotopic (exact) mass is 460 g/mol. The number of Topliss-reactive ketones (excluding diaryl/α,β-unsaturated/α-hetero) is 1. The van der Waals surface area contributed by atoms with Gasteiger partial charge in [-0.3, -0.25) is 14.5 Å². The van der Waals surface area contributed by atoms with E-state index in [0.29, 0.717) is 12.8 Å². The number of hydrogen-bond acceptors (Lipinski definition) is 6. The van der Waals surface area contributed by atoms with Crippen molar-refractivity contribution in [1.29, 1.82) is 0 Å². The number of fused-ring (bicyclic) bond motifs is 1. The maximum atomic E-state index is 12.9. The normalized spacial score (nSPS) is 18.2. The number of nitrogens with zero attached hydrogens (tertiary/aromatic N) is 4. The first-order valence-electron chi connectivity index (χ1n) is 12.0. The number of ketones is 1. The maximum absolute atomic E-state index is 12.9. The second-order valence-electron chi connectivity index (χ2n) is 9.30. The molecule has 3 aromatic rings. The Kier molecular flexibility index (Phi) is 5.38. The summed E-state index contributed by atoms with van der Waals surface area (Å²) in [6.07, 6.45) is 3.66. The zero-order chi connectivity index (χ0) is 22.4. The van der Waals surface area contributed by atoms with Crippen LogP contribution in [0.3, 0.4) is 0 Å². The molecule has 1 amide bonds. The van der Waals surface area contributed by atoms with Gasteiger partial charge in [-0.25, -0.2) is 0 Å². The summed E-state index contributed by atoms with van der Waals surface area (Å²) in [7, 11) is 0. The summed E-state index contributed by atoms with van der Waals surface area (Å²) in [5.41, 5.74) is 4.28. The van der Waals surface area contributed by atoms with Gasteiger partial charge >= 0.3 is 0 Å². The summed E-state index contributed by atoms with van der Waals surface area (Å²) in [4.78, 5) is 31.8. The van der Waals surface area contributed by atoms with Gasteiger partial charge in [-0.15, -0.1) is 0 Å². The van der Waals surface area contributed by atoms with Crippen LogP contribution in [0.15, 0.2) is 36.4 Å². The first-order chi connectivity index (χ1) is 16.2. The summed E-state index contributed by atoms with van der Waals surface area (Å²) < 4.78 is 5.94. The van der Waals surface area contributed by atoms with Gasteiger partial charge in [-0.1, -0.05) is 12.1 Å². The Labute approximate surface area is 198 Å². The smallest absolute Gasteiger partial charge is 0.227 e. The molecule has 3 aliphatic rings. The fraction of sp³-hybridized carbons (Fsp3) is 0.423. The first kappa shape index (κ1) is 20.8. The van der Waals surface area contributed by atoms with Crippen LogP contribution in [0.4, 0.5) is 11.5 Å². The summed E-state index contributed by atoms with van der Waals surface area (Å²) >= 11 is 1.58. The SMILES string of the molecule is O=C(CCCN1CCN(c2nsc3ccccc23)CC1)c1cc2c3c(c1)CCN3C(=O)CC2. The van der Waals surface area contributed by atoms with Crippen LogP contribution in [-0.4, -0.2) is 60.2 Å². The molecule has 0 atom stereocenters. The van der Waals surface area contributed by atoms with Crippen molar-refractivity contribution in [2.75, 3.05) is 49.1 Å². The topological polar surface area (TPSA) is 56.8 Å². The summed E-state index contributed by atoms with van der Waals surface area (Å²) in [6.45, 7) is 5.69. The molecule has 0 unspecified atom stereocenters. The van der Waals surface area contributed by atoms with E-state index in [0.717, 1.165) is 75.6 Å². The van der Waals surface area contributed by atoms with Crippen LogP contribution < -0.4 is 9.80 Å². The third kappa shape index (κ3) is 3.83. The molecule has 0 spiro atoms. The van der Waals surface area contributed by atoms with E-state index >= 15 is 0 Å². The molecule has 6 rings (SSSR count). The zero-order valence-electron chi connectivity index (χ0n) is 18.8. The molecule has 0 radical (unpaired) electrons. The molecule has 1 fully saturated rings. The van der Waals surface area contributed by atoms with Crippen LogP contribution in [0.2, 0.25) is 0 Å². The van der Waals surface area contributed by atoms with E-state index < -0.39 is 0 Å². The summed E-state index contributed by atoms with van der Waals surface area (Å²) in [6, 6.07) is 12.5. The molecule has 0 bridgehead atoms. The molecule has 2 aromatic carbocycles. The van der Waals surface area contributed by atoms with E-state index in [1.165, 1.54) is 21.2 Å². The lowest BCUT2D eigenvalue weighted by Crippen LogP contribution is -2.46. The molecule has 0 saturated carbocycles. The van der Waals surface area contributed by atoms with Gasteiger partial charge in [0.1, 0.15) is 5.82 Å². The van der Waals surface area contributed by atoms with Gasteiger partial charge in [0.15, 0.2) is 5.78 Å². The molecule has 170 valence electrons. The van der Waals surface area contributed by atoms with E-state index in [4.69, 9.17) is 4.37 Å². The van der Waals surface area contributed by atoms with E-state index in [-0.39, 0.29) is 11.7 Å². The van der Waals surface area contributed by atoms with Gasteiger partial charge in [-0.2, -0.15) is 4.37 Å². The Morgan fingerprint density at radius 3 is 2.61 bits per heavy atom. The molecular weight excluding hydrogens is 432 g/mol. The number of aryl methyl sites for hydroxylation is 1. The number of rotatable bonds is 6. The number of carbonyl (C=O) groups is 2. The Morgan fingerprint density at radius 2 is 1.76 bits per heavy atom. The lowest BCUT2D eigenvalue weighted by atomic mass is 9.94. The van der Waals surface area contributed by atoms with Crippen LogP contribution in [-0.2, 0) is 17.6 Å². The van der Waals surface area contributed by atoms with Crippen molar-refractivity contribution >= 4 is 44.8 Å². The predicted molar refractivity (Wildman–Crippen MR) is 133 cm³/mol. The van der Waals surface area contributed by atoms with Gasteiger partial charge in [0.05, 0.1) is 10.4 Å². The molecule has 1 aromatic heterocycles. The molecule has 3 aliphatic heterocycles. The second-order valence-corrected chi connectivity index (χ2v) is 10.1. The van der Waals surface area contributed by atoms with Crippen molar-refractivity contribution in [3.63, 3.8) is 0 Å². The number of aromatic nitrogens is 1. The van der Waals surface area contributed by atoms with E-state index in [1.54, 1.807) is 11.5 Å². The third-order valence-corrected chi connectivity index (χ3v) is 8.10. The van der Waals surface area contributed by atoms with Gasteiger partial charge in [0.2, 0.25) is 5.91 Å². The number of piperazine rings is 1. The molecule has 7 heteroatoms. The molecule has 1 saturated heterocycles. The van der Waals surface area contributed by atoms with Gasteiger partial charge in [0.25, 0.3) is 0 Å². The average molecular weight is 461 g/mol. The maximum Gasteiger partial charge on any atom is 0.227 e. The van der Waals surface area contributed by atoms with Crippen LogP contribution in [0, 0.1) is 0 Å².